The Morgan fingerprint density at radius 1 is 0.769 bits per heavy atom. The zero-order valence-electron chi connectivity index (χ0n) is 23.2. The fourth-order valence-electron chi connectivity index (χ4n) is 5.25. The minimum atomic E-state index is 0.578. The highest BCUT2D eigenvalue weighted by molar-refractivity contribution is 6.31. The van der Waals surface area contributed by atoms with E-state index in [1.165, 1.54) is 5.69 Å². The van der Waals surface area contributed by atoms with E-state index < -0.39 is 0 Å². The van der Waals surface area contributed by atoms with Crippen molar-refractivity contribution in [3.63, 3.8) is 0 Å². The number of rotatable bonds is 9. The summed E-state index contributed by atoms with van der Waals surface area (Å²) in [6.45, 7) is 7.14. The van der Waals surface area contributed by atoms with Crippen LogP contribution in [0, 0.1) is 6.92 Å². The van der Waals surface area contributed by atoms with E-state index in [1.54, 1.807) is 28.4 Å². The van der Waals surface area contributed by atoms with Gasteiger partial charge in [-0.3, -0.25) is 9.58 Å². The molecule has 0 spiro atoms. The quantitative estimate of drug-likeness (QED) is 0.276. The molecule has 0 saturated carbocycles. The Bertz CT molecular complexity index is 1460. The molecule has 2 heterocycles. The molecule has 206 valence electrons. The van der Waals surface area contributed by atoms with E-state index in [9.17, 15) is 0 Å². The number of aromatic nitrogens is 2. The highest BCUT2D eigenvalue weighted by Gasteiger charge is 2.23. The minimum Gasteiger partial charge on any atom is -0.493 e. The van der Waals surface area contributed by atoms with Gasteiger partial charge in [-0.2, -0.15) is 5.10 Å². The van der Waals surface area contributed by atoms with Gasteiger partial charge in [0.2, 0.25) is 0 Å². The molecule has 1 fully saturated rings. The summed E-state index contributed by atoms with van der Waals surface area (Å²) in [5.41, 5.74) is 5.41. The van der Waals surface area contributed by atoms with Crippen molar-refractivity contribution in [2.24, 2.45) is 0 Å². The topological polar surface area (TPSA) is 61.2 Å². The van der Waals surface area contributed by atoms with Gasteiger partial charge in [-0.15, -0.1) is 0 Å². The smallest absolute Gasteiger partial charge is 0.162 e. The molecule has 0 radical (unpaired) electrons. The standard InChI is InChI=1S/C30H35ClN4O4/c1-20-23(31)7-6-8-25(20)34-13-11-33(12-14-34)19-24-22-16-29(38-4)30(39-5)17-26(22)35(32-24)18-21-9-10-27(36-2)28(15-21)37-3/h6-10,15-17H,11-14,18-19H2,1-5H3. The molecule has 1 aromatic heterocycles. The lowest BCUT2D eigenvalue weighted by Gasteiger charge is -2.36. The maximum Gasteiger partial charge on any atom is 0.162 e. The third kappa shape index (κ3) is 5.44. The Morgan fingerprint density at radius 3 is 2.13 bits per heavy atom. The van der Waals surface area contributed by atoms with Crippen LogP contribution in [0.2, 0.25) is 5.02 Å². The van der Waals surface area contributed by atoms with Crippen LogP contribution in [-0.4, -0.2) is 69.3 Å². The third-order valence-electron chi connectivity index (χ3n) is 7.44. The van der Waals surface area contributed by atoms with Crippen molar-refractivity contribution in [1.29, 1.82) is 0 Å². The zero-order valence-corrected chi connectivity index (χ0v) is 23.9. The molecule has 4 aromatic rings. The van der Waals surface area contributed by atoms with Gasteiger partial charge in [0.25, 0.3) is 0 Å². The average Bonchev–Trinajstić information content (AvgIpc) is 3.29. The van der Waals surface area contributed by atoms with Crippen LogP contribution < -0.4 is 23.8 Å². The summed E-state index contributed by atoms with van der Waals surface area (Å²) in [5, 5.41) is 6.96. The second-order valence-electron chi connectivity index (χ2n) is 9.67. The highest BCUT2D eigenvalue weighted by atomic mass is 35.5. The summed E-state index contributed by atoms with van der Waals surface area (Å²) in [7, 11) is 6.60. The lowest BCUT2D eigenvalue weighted by atomic mass is 10.1. The van der Waals surface area contributed by atoms with Gasteiger partial charge in [0.15, 0.2) is 23.0 Å². The molecule has 0 N–H and O–H groups in total. The molecule has 3 aromatic carbocycles. The van der Waals surface area contributed by atoms with Gasteiger partial charge in [-0.05, 0) is 48.4 Å². The van der Waals surface area contributed by atoms with Crippen LogP contribution in [0.3, 0.4) is 0 Å². The Morgan fingerprint density at radius 2 is 1.44 bits per heavy atom. The molecule has 0 aliphatic carbocycles. The number of halogens is 1. The molecule has 39 heavy (non-hydrogen) atoms. The lowest BCUT2D eigenvalue weighted by Crippen LogP contribution is -2.46. The first-order valence-electron chi connectivity index (χ1n) is 13.0. The van der Waals surface area contributed by atoms with Crippen molar-refractivity contribution in [3.05, 3.63) is 70.4 Å². The summed E-state index contributed by atoms with van der Waals surface area (Å²) >= 11 is 6.38. The zero-order chi connectivity index (χ0) is 27.5. The maximum atomic E-state index is 6.38. The largest absolute Gasteiger partial charge is 0.493 e. The predicted octanol–water partition coefficient (Wildman–Crippen LogP) is 5.40. The summed E-state index contributed by atoms with van der Waals surface area (Å²) in [4.78, 5) is 4.87. The number of nitrogens with zero attached hydrogens (tertiary/aromatic N) is 4. The summed E-state index contributed by atoms with van der Waals surface area (Å²) in [5.74, 6) is 2.76. The first kappa shape index (κ1) is 27.0. The lowest BCUT2D eigenvalue weighted by molar-refractivity contribution is 0.247. The van der Waals surface area contributed by atoms with Gasteiger partial charge in [0, 0.05) is 54.9 Å². The van der Waals surface area contributed by atoms with Crippen LogP contribution >= 0.6 is 11.6 Å². The number of methoxy groups -OCH3 is 4. The normalized spacial score (nSPS) is 14.1. The number of ether oxygens (including phenoxy) is 4. The Hall–Kier alpha value is -3.62. The predicted molar refractivity (Wildman–Crippen MR) is 155 cm³/mol. The van der Waals surface area contributed by atoms with Crippen LogP contribution in [0.4, 0.5) is 5.69 Å². The van der Waals surface area contributed by atoms with E-state index in [1.807, 2.05) is 47.1 Å². The van der Waals surface area contributed by atoms with E-state index in [-0.39, 0.29) is 0 Å². The van der Waals surface area contributed by atoms with E-state index in [0.717, 1.165) is 65.5 Å². The van der Waals surface area contributed by atoms with Crippen LogP contribution in [0.1, 0.15) is 16.8 Å². The van der Waals surface area contributed by atoms with Crippen molar-refractivity contribution in [2.75, 3.05) is 59.5 Å². The van der Waals surface area contributed by atoms with Crippen LogP contribution in [0.25, 0.3) is 10.9 Å². The minimum absolute atomic E-state index is 0.578. The van der Waals surface area contributed by atoms with Crippen LogP contribution in [0.15, 0.2) is 48.5 Å². The van der Waals surface area contributed by atoms with Crippen LogP contribution in [0.5, 0.6) is 23.0 Å². The number of benzene rings is 3. The molecular formula is C30H35ClN4O4. The van der Waals surface area contributed by atoms with E-state index in [4.69, 9.17) is 35.6 Å². The average molecular weight is 551 g/mol. The number of piperazine rings is 1. The number of hydrogen-bond acceptors (Lipinski definition) is 7. The number of fused-ring (bicyclic) bond motifs is 1. The molecule has 0 atom stereocenters. The van der Waals surface area contributed by atoms with E-state index in [2.05, 4.69) is 22.8 Å². The van der Waals surface area contributed by atoms with Gasteiger partial charge in [0.05, 0.1) is 46.2 Å². The Balaban J connectivity index is 1.42. The van der Waals surface area contributed by atoms with Crippen molar-refractivity contribution < 1.29 is 18.9 Å². The monoisotopic (exact) mass is 550 g/mol. The van der Waals surface area contributed by atoms with Crippen LogP contribution in [-0.2, 0) is 13.1 Å². The third-order valence-corrected chi connectivity index (χ3v) is 7.85. The fraction of sp³-hybridized carbons (Fsp3) is 0.367. The maximum absolute atomic E-state index is 6.38. The molecule has 5 rings (SSSR count). The van der Waals surface area contributed by atoms with E-state index >= 15 is 0 Å². The van der Waals surface area contributed by atoms with Gasteiger partial charge in [-0.1, -0.05) is 23.7 Å². The molecule has 1 saturated heterocycles. The molecule has 8 nitrogen and oxygen atoms in total. The summed E-state index contributed by atoms with van der Waals surface area (Å²) in [6.07, 6.45) is 0. The molecule has 1 aliphatic heterocycles. The molecule has 0 bridgehead atoms. The molecule has 1 aliphatic rings. The van der Waals surface area contributed by atoms with E-state index in [0.29, 0.717) is 29.5 Å². The van der Waals surface area contributed by atoms with Crippen molar-refractivity contribution in [2.45, 2.75) is 20.0 Å². The molecule has 9 heteroatoms. The van der Waals surface area contributed by atoms with Gasteiger partial charge in [0.1, 0.15) is 0 Å². The van der Waals surface area contributed by atoms with Crippen molar-refractivity contribution >= 4 is 28.2 Å². The van der Waals surface area contributed by atoms with Gasteiger partial charge >= 0.3 is 0 Å². The number of anilines is 1. The van der Waals surface area contributed by atoms with Gasteiger partial charge < -0.3 is 23.8 Å². The Kier molecular flexibility index (Phi) is 8.04. The Labute approximate surface area is 234 Å². The fourth-order valence-corrected chi connectivity index (χ4v) is 5.42. The first-order chi connectivity index (χ1) is 18.9. The SMILES string of the molecule is COc1ccc(Cn2nc(CN3CCN(c4cccc(Cl)c4C)CC3)c3cc(OC)c(OC)cc32)cc1OC. The molecule has 0 unspecified atom stereocenters. The molecular weight excluding hydrogens is 516 g/mol. The first-order valence-corrected chi connectivity index (χ1v) is 13.4. The van der Waals surface area contributed by atoms with Gasteiger partial charge in [-0.25, -0.2) is 0 Å². The summed E-state index contributed by atoms with van der Waals surface area (Å²) in [6, 6.07) is 16.1. The highest BCUT2D eigenvalue weighted by Crippen LogP contribution is 2.35. The van der Waals surface area contributed by atoms with Crippen molar-refractivity contribution in [1.82, 2.24) is 14.7 Å². The second kappa shape index (κ2) is 11.6. The second-order valence-corrected chi connectivity index (χ2v) is 10.1. The van der Waals surface area contributed by atoms with Crippen molar-refractivity contribution in [3.8, 4) is 23.0 Å². The number of hydrogen-bond donors (Lipinski definition) is 0. The summed E-state index contributed by atoms with van der Waals surface area (Å²) < 4.78 is 24.2. The molecule has 0 amide bonds.